The van der Waals surface area contributed by atoms with Crippen LogP contribution in [0.1, 0.15) is 33.3 Å². The lowest BCUT2D eigenvalue weighted by molar-refractivity contribution is -0.164. The van der Waals surface area contributed by atoms with Crippen molar-refractivity contribution in [1.29, 1.82) is 0 Å². The van der Waals surface area contributed by atoms with E-state index in [1.807, 2.05) is 0 Å². The first-order chi connectivity index (χ1) is 18.1. The molecule has 12 heteroatoms. The van der Waals surface area contributed by atoms with Crippen LogP contribution in [0.15, 0.2) is 63.6 Å². The lowest BCUT2D eigenvalue weighted by Gasteiger charge is -2.25. The number of rotatable bonds is 13. The Morgan fingerprint density at radius 2 is 1.63 bits per heavy atom. The number of aliphatic carboxylic acids is 2. The number of fused-ring (bicyclic) bond motifs is 1. The topological polar surface area (TPSA) is 162 Å². The molecule has 2 N–H and O–H groups in total. The number of nitrogens with zero attached hydrogens (tertiary/aromatic N) is 4. The highest BCUT2D eigenvalue weighted by atomic mass is 16.5. The van der Waals surface area contributed by atoms with Crippen molar-refractivity contribution in [1.82, 2.24) is 9.55 Å². The summed E-state index contributed by atoms with van der Waals surface area (Å²) in [6, 6.07) is 13.1. The molecule has 0 aliphatic rings. The monoisotopic (exact) mass is 526 g/mol. The third-order valence-corrected chi connectivity index (χ3v) is 5.82. The minimum absolute atomic E-state index is 0.0248. The van der Waals surface area contributed by atoms with Gasteiger partial charge in [0.05, 0.1) is 17.4 Å². The molecule has 0 aliphatic heterocycles. The van der Waals surface area contributed by atoms with Crippen LogP contribution in [0.25, 0.3) is 10.9 Å². The molecule has 3 aromatic rings. The van der Waals surface area contributed by atoms with Crippen molar-refractivity contribution in [3.63, 3.8) is 0 Å². The van der Waals surface area contributed by atoms with E-state index < -0.39 is 28.8 Å². The van der Waals surface area contributed by atoms with Crippen molar-refractivity contribution >= 4 is 28.8 Å². The Bertz CT molecular complexity index is 1390. The maximum Gasteiger partial charge on any atom is 0.360 e. The number of aromatic nitrogens is 2. The zero-order chi connectivity index (χ0) is 27.9. The fourth-order valence-corrected chi connectivity index (χ4v) is 3.67. The molecule has 12 nitrogen and oxygen atoms in total. The third-order valence-electron chi connectivity index (χ3n) is 5.82. The van der Waals surface area contributed by atoms with Gasteiger partial charge in [-0.1, -0.05) is 24.3 Å². The molecule has 2 atom stereocenters. The van der Waals surface area contributed by atoms with Crippen LogP contribution in [0, 0.1) is 0 Å². The molecule has 0 fully saturated rings. The fourth-order valence-electron chi connectivity index (χ4n) is 3.67. The quantitative estimate of drug-likeness (QED) is 0.316. The Morgan fingerprint density at radius 3 is 2.24 bits per heavy atom. The van der Waals surface area contributed by atoms with Crippen molar-refractivity contribution in [2.75, 3.05) is 19.8 Å². The number of ether oxygens (including phenoxy) is 3. The van der Waals surface area contributed by atoms with Gasteiger partial charge in [0.15, 0.2) is 5.60 Å². The smallest absolute Gasteiger partial charge is 0.360 e. The Balaban J connectivity index is 1.86. The lowest BCUT2D eigenvalue weighted by atomic mass is 9.96. The zero-order valence-corrected chi connectivity index (χ0v) is 21.6. The summed E-state index contributed by atoms with van der Waals surface area (Å²) in [5, 5.41) is 27.2. The largest absolute Gasteiger partial charge is 0.492 e. The summed E-state index contributed by atoms with van der Waals surface area (Å²) < 4.78 is 17.7. The molecule has 0 radical (unpaired) electrons. The van der Waals surface area contributed by atoms with E-state index in [9.17, 15) is 24.6 Å². The minimum Gasteiger partial charge on any atom is -0.492 e. The van der Waals surface area contributed by atoms with E-state index in [-0.39, 0.29) is 32.3 Å². The Labute approximate surface area is 218 Å². The second-order valence-electron chi connectivity index (χ2n) is 8.45. The molecule has 0 amide bonds. The van der Waals surface area contributed by atoms with Crippen LogP contribution < -0.4 is 10.3 Å². The maximum absolute atomic E-state index is 13.2. The predicted octanol–water partition coefficient (Wildman–Crippen LogP) is 3.73. The third kappa shape index (κ3) is 6.03. The van der Waals surface area contributed by atoms with Gasteiger partial charge < -0.3 is 24.4 Å². The van der Waals surface area contributed by atoms with Crippen LogP contribution in [-0.2, 0) is 31.2 Å². The van der Waals surface area contributed by atoms with Gasteiger partial charge in [0, 0.05) is 13.2 Å². The van der Waals surface area contributed by atoms with Gasteiger partial charge in [-0.2, -0.15) is 0 Å². The second kappa shape index (κ2) is 11.9. The minimum atomic E-state index is -1.95. The predicted molar refractivity (Wildman–Crippen MR) is 137 cm³/mol. The fraction of sp³-hybridized carbons (Fsp3) is 0.385. The van der Waals surface area contributed by atoms with Gasteiger partial charge in [0.2, 0.25) is 0 Å². The number of carbonyl (C=O) groups is 2. The number of azo groups is 1. The highest BCUT2D eigenvalue weighted by molar-refractivity contribution is 5.79. The normalized spacial score (nSPS) is 14.7. The van der Waals surface area contributed by atoms with Crippen LogP contribution >= 0.6 is 0 Å². The summed E-state index contributed by atoms with van der Waals surface area (Å²) in [4.78, 5) is 41.0. The molecule has 0 spiro atoms. The molecule has 1 heterocycles. The van der Waals surface area contributed by atoms with Crippen molar-refractivity contribution in [3.8, 4) is 5.75 Å². The summed E-state index contributed by atoms with van der Waals surface area (Å²) in [6.07, 6.45) is 0. The Hall–Kier alpha value is -4.16. The van der Waals surface area contributed by atoms with Crippen LogP contribution in [-0.4, -0.2) is 57.2 Å². The SMILES string of the molecule is CCOC(C)(/N=N/c1nc2ccccc2c(=O)n1CCOc1ccc(C(C)(OCC)C(=O)O)cc1)C(=O)O. The van der Waals surface area contributed by atoms with Gasteiger partial charge in [-0.3, -0.25) is 9.36 Å². The van der Waals surface area contributed by atoms with Gasteiger partial charge in [0.25, 0.3) is 17.2 Å². The molecule has 38 heavy (non-hydrogen) atoms. The first kappa shape index (κ1) is 28.4. The number of carboxylic acids is 2. The number of benzene rings is 2. The first-order valence-electron chi connectivity index (χ1n) is 12.0. The zero-order valence-electron chi connectivity index (χ0n) is 21.6. The van der Waals surface area contributed by atoms with Gasteiger partial charge in [-0.15, -0.1) is 10.2 Å². The van der Waals surface area contributed by atoms with E-state index >= 15 is 0 Å². The number of para-hydroxylation sites is 1. The first-order valence-corrected chi connectivity index (χ1v) is 12.0. The molecule has 1 aromatic heterocycles. The molecule has 202 valence electrons. The molecular weight excluding hydrogens is 496 g/mol. The molecule has 3 rings (SSSR count). The Kier molecular flexibility index (Phi) is 8.92. The molecule has 0 bridgehead atoms. The van der Waals surface area contributed by atoms with Crippen molar-refractivity contribution in [2.24, 2.45) is 10.2 Å². The van der Waals surface area contributed by atoms with Gasteiger partial charge in [-0.25, -0.2) is 14.6 Å². The van der Waals surface area contributed by atoms with Gasteiger partial charge in [-0.05, 0) is 57.5 Å². The van der Waals surface area contributed by atoms with E-state index in [0.29, 0.717) is 22.2 Å². The van der Waals surface area contributed by atoms with Crippen LogP contribution in [0.4, 0.5) is 5.95 Å². The van der Waals surface area contributed by atoms with Crippen LogP contribution in [0.2, 0.25) is 0 Å². The van der Waals surface area contributed by atoms with E-state index in [1.54, 1.807) is 62.4 Å². The molecule has 0 aliphatic carbocycles. The summed E-state index contributed by atoms with van der Waals surface area (Å²) in [7, 11) is 0. The summed E-state index contributed by atoms with van der Waals surface area (Å²) >= 11 is 0. The highest BCUT2D eigenvalue weighted by Crippen LogP contribution is 2.27. The summed E-state index contributed by atoms with van der Waals surface area (Å²) in [5.41, 5.74) is -3.02. The van der Waals surface area contributed by atoms with Crippen molar-refractivity contribution in [3.05, 3.63) is 64.4 Å². The van der Waals surface area contributed by atoms with E-state index in [0.717, 1.165) is 0 Å². The molecule has 0 saturated heterocycles. The summed E-state index contributed by atoms with van der Waals surface area (Å²) in [5.74, 6) is -2.11. The van der Waals surface area contributed by atoms with Crippen molar-refractivity contribution in [2.45, 2.75) is 45.6 Å². The van der Waals surface area contributed by atoms with Crippen molar-refractivity contribution < 1.29 is 34.0 Å². The molecular formula is C26H30N4O8. The summed E-state index contributed by atoms with van der Waals surface area (Å²) in [6.45, 7) is 6.44. The van der Waals surface area contributed by atoms with E-state index in [2.05, 4.69) is 15.2 Å². The van der Waals surface area contributed by atoms with Gasteiger partial charge in [0.1, 0.15) is 12.4 Å². The Morgan fingerprint density at radius 1 is 0.974 bits per heavy atom. The number of hydrogen-bond donors (Lipinski definition) is 2. The standard InChI is InChI=1S/C26H30N4O8/c1-5-37-25(3,22(32)33)17-11-13-18(14-12-17)36-16-15-30-21(31)19-9-7-8-10-20(19)27-24(30)28-29-26(4,23(34)35)38-6-2/h7-14H,5-6,15-16H2,1-4H3,(H,32,33)(H,34,35)/b29-28+. The molecule has 2 unspecified atom stereocenters. The average molecular weight is 527 g/mol. The number of hydrogen-bond acceptors (Lipinski definition) is 9. The van der Waals surface area contributed by atoms with Crippen LogP contribution in [0.5, 0.6) is 5.75 Å². The van der Waals surface area contributed by atoms with E-state index in [4.69, 9.17) is 14.2 Å². The molecule has 2 aromatic carbocycles. The highest BCUT2D eigenvalue weighted by Gasteiger charge is 2.36. The lowest BCUT2D eigenvalue weighted by Crippen LogP contribution is -2.36. The number of carboxylic acid groups (broad SMARTS) is 2. The molecule has 0 saturated carbocycles. The van der Waals surface area contributed by atoms with Gasteiger partial charge >= 0.3 is 11.9 Å². The maximum atomic E-state index is 13.2. The van der Waals surface area contributed by atoms with E-state index in [1.165, 1.54) is 18.4 Å². The average Bonchev–Trinajstić information content (AvgIpc) is 2.89. The second-order valence-corrected chi connectivity index (χ2v) is 8.45. The van der Waals surface area contributed by atoms with Crippen LogP contribution in [0.3, 0.4) is 0 Å².